The van der Waals surface area contributed by atoms with Crippen LogP contribution in [0.25, 0.3) is 0 Å². The summed E-state index contributed by atoms with van der Waals surface area (Å²) in [5, 5.41) is 0. The van der Waals surface area contributed by atoms with E-state index in [0.717, 1.165) is 5.69 Å². The first-order chi connectivity index (χ1) is 8.52. The Bertz CT molecular complexity index is 439. The molecule has 0 atom stereocenters. The van der Waals surface area contributed by atoms with Gasteiger partial charge in [-0.3, -0.25) is 9.11 Å². The van der Waals surface area contributed by atoms with E-state index in [-0.39, 0.29) is 5.97 Å². The highest BCUT2D eigenvalue weighted by Gasteiger charge is 2.22. The summed E-state index contributed by atoms with van der Waals surface area (Å²) in [6.45, 7) is 1.18. The lowest BCUT2D eigenvalue weighted by molar-refractivity contribution is 0.0600. The van der Waals surface area contributed by atoms with Gasteiger partial charge < -0.3 is 9.64 Å². The topological polar surface area (TPSA) is 70.0 Å². The summed E-state index contributed by atoms with van der Waals surface area (Å²) in [4.78, 5) is 13.5. The van der Waals surface area contributed by atoms with Gasteiger partial charge in [0.1, 0.15) is 0 Å². The molecule has 1 aromatic carbocycles. The number of methoxy groups -OCH3 is 1. The molecular weight excluding hydrogens is 254 g/mol. The Morgan fingerprint density at radius 2 is 2.00 bits per heavy atom. The first-order valence-corrected chi connectivity index (χ1v) is 7.57. The van der Waals surface area contributed by atoms with Gasteiger partial charge in [0.15, 0.2) is 0 Å². The lowest BCUT2D eigenvalue weighted by Gasteiger charge is -2.41. The van der Waals surface area contributed by atoms with Gasteiger partial charge in [0.2, 0.25) is 0 Å². The summed E-state index contributed by atoms with van der Waals surface area (Å²) >= 11 is 0. The number of benzene rings is 1. The zero-order chi connectivity index (χ0) is 13.2. The molecule has 5 nitrogen and oxygen atoms in total. The molecule has 6 heteroatoms. The third kappa shape index (κ3) is 2.95. The van der Waals surface area contributed by atoms with Crippen molar-refractivity contribution in [2.75, 3.05) is 36.6 Å². The van der Waals surface area contributed by atoms with Crippen LogP contribution >= 0.6 is 10.6 Å². The number of hydrogen-bond acceptors (Lipinski definition) is 5. The van der Waals surface area contributed by atoms with Crippen LogP contribution in [0.2, 0.25) is 0 Å². The van der Waals surface area contributed by atoms with E-state index in [1.807, 2.05) is 11.0 Å². The normalized spacial score (nSPS) is 20.3. The van der Waals surface area contributed by atoms with E-state index in [4.69, 9.17) is 0 Å². The van der Waals surface area contributed by atoms with Crippen molar-refractivity contribution in [1.82, 2.24) is 0 Å². The van der Waals surface area contributed by atoms with E-state index in [1.54, 1.807) is 18.2 Å². The molecule has 0 amide bonds. The van der Waals surface area contributed by atoms with Gasteiger partial charge >= 0.3 is 5.97 Å². The average Bonchev–Trinajstić information content (AvgIpc) is 2.38. The van der Waals surface area contributed by atoms with Crippen LogP contribution in [-0.2, 0) is 4.74 Å². The second kappa shape index (κ2) is 5.17. The maximum atomic E-state index is 11.4. The van der Waals surface area contributed by atoms with E-state index in [1.165, 1.54) is 7.11 Å². The van der Waals surface area contributed by atoms with Crippen LogP contribution in [0.1, 0.15) is 10.4 Å². The van der Waals surface area contributed by atoms with Gasteiger partial charge in [0, 0.05) is 18.8 Å². The highest BCUT2D eigenvalue weighted by molar-refractivity contribution is 8.24. The summed E-state index contributed by atoms with van der Waals surface area (Å²) in [6.07, 6.45) is 0. The Balaban J connectivity index is 2.12. The monoisotopic (exact) mass is 271 g/mol. The van der Waals surface area contributed by atoms with Crippen LogP contribution in [0.4, 0.5) is 5.69 Å². The molecule has 0 unspecified atom stereocenters. The van der Waals surface area contributed by atoms with Crippen LogP contribution < -0.4 is 4.90 Å². The van der Waals surface area contributed by atoms with Crippen molar-refractivity contribution >= 4 is 22.2 Å². The Morgan fingerprint density at radius 3 is 2.61 bits per heavy atom. The van der Waals surface area contributed by atoms with E-state index in [0.29, 0.717) is 30.2 Å². The molecule has 2 N–H and O–H groups in total. The average molecular weight is 271 g/mol. The van der Waals surface area contributed by atoms with Gasteiger partial charge in [-0.2, -0.15) is 10.6 Å². The zero-order valence-electron chi connectivity index (χ0n) is 10.2. The molecule has 0 aliphatic carbocycles. The highest BCUT2D eigenvalue weighted by atomic mass is 32.3. The smallest absolute Gasteiger partial charge is 0.337 e. The van der Waals surface area contributed by atoms with Gasteiger partial charge in [-0.15, -0.1) is 0 Å². The first kappa shape index (κ1) is 13.2. The molecule has 18 heavy (non-hydrogen) atoms. The van der Waals surface area contributed by atoms with E-state index in [9.17, 15) is 13.9 Å². The molecule has 0 radical (unpaired) electrons. The Morgan fingerprint density at radius 1 is 1.33 bits per heavy atom. The zero-order valence-corrected chi connectivity index (χ0v) is 11.0. The fourth-order valence-electron chi connectivity index (χ4n) is 1.93. The van der Waals surface area contributed by atoms with Crippen molar-refractivity contribution in [3.8, 4) is 0 Å². The Hall–Kier alpha value is -1.24. The van der Waals surface area contributed by atoms with Crippen molar-refractivity contribution in [3.63, 3.8) is 0 Å². The second-order valence-corrected chi connectivity index (χ2v) is 6.66. The minimum Gasteiger partial charge on any atom is -0.465 e. The molecule has 0 aromatic heterocycles. The van der Waals surface area contributed by atoms with Crippen LogP contribution in [-0.4, -0.2) is 46.8 Å². The van der Waals surface area contributed by atoms with E-state index in [2.05, 4.69) is 4.74 Å². The van der Waals surface area contributed by atoms with E-state index < -0.39 is 10.6 Å². The number of anilines is 1. The van der Waals surface area contributed by atoms with Crippen LogP contribution in [0.15, 0.2) is 24.3 Å². The summed E-state index contributed by atoms with van der Waals surface area (Å²) < 4.78 is 23.8. The van der Waals surface area contributed by atoms with Crippen molar-refractivity contribution in [1.29, 1.82) is 0 Å². The number of carbonyl (C=O) groups excluding carboxylic acids is 1. The lowest BCUT2D eigenvalue weighted by atomic mass is 10.2. The molecule has 1 saturated heterocycles. The fraction of sp³-hybridized carbons (Fsp3) is 0.417. The van der Waals surface area contributed by atoms with Crippen molar-refractivity contribution in [3.05, 3.63) is 29.8 Å². The van der Waals surface area contributed by atoms with Crippen LogP contribution in [0, 0.1) is 0 Å². The van der Waals surface area contributed by atoms with Gasteiger partial charge in [0.05, 0.1) is 24.2 Å². The molecule has 1 aliphatic rings. The van der Waals surface area contributed by atoms with E-state index >= 15 is 0 Å². The first-order valence-electron chi connectivity index (χ1n) is 5.69. The summed E-state index contributed by atoms with van der Waals surface area (Å²) in [5.41, 5.74) is 1.42. The summed E-state index contributed by atoms with van der Waals surface area (Å²) in [7, 11) is -1.04. The summed E-state index contributed by atoms with van der Waals surface area (Å²) in [5.74, 6) is 0.406. The quantitative estimate of drug-likeness (QED) is 0.806. The van der Waals surface area contributed by atoms with Crippen molar-refractivity contribution in [2.24, 2.45) is 0 Å². The molecule has 2 rings (SSSR count). The molecule has 0 bridgehead atoms. The number of ether oxygens (including phenoxy) is 1. The van der Waals surface area contributed by atoms with Crippen LogP contribution in [0.3, 0.4) is 0 Å². The SMILES string of the molecule is COC(=O)c1cccc(N2CCS(O)(O)CC2)c1. The largest absolute Gasteiger partial charge is 0.465 e. The summed E-state index contributed by atoms with van der Waals surface area (Å²) in [6, 6.07) is 7.17. The van der Waals surface area contributed by atoms with Crippen molar-refractivity contribution < 1.29 is 18.6 Å². The predicted molar refractivity (Wildman–Crippen MR) is 72.6 cm³/mol. The van der Waals surface area contributed by atoms with Gasteiger partial charge in [-0.25, -0.2) is 4.79 Å². The third-order valence-corrected chi connectivity index (χ3v) is 4.68. The molecule has 1 fully saturated rings. The molecule has 0 saturated carbocycles. The predicted octanol–water partition coefficient (Wildman–Crippen LogP) is 2.04. The van der Waals surface area contributed by atoms with Gasteiger partial charge in [-0.05, 0) is 18.2 Å². The fourth-order valence-corrected chi connectivity index (χ4v) is 3.16. The second-order valence-electron chi connectivity index (χ2n) is 4.24. The number of carbonyl (C=O) groups is 1. The molecule has 1 aliphatic heterocycles. The Labute approximate surface area is 108 Å². The minimum atomic E-state index is -2.39. The molecule has 1 aromatic rings. The number of rotatable bonds is 2. The maximum Gasteiger partial charge on any atom is 0.337 e. The maximum absolute atomic E-state index is 11.4. The van der Waals surface area contributed by atoms with Gasteiger partial charge in [-0.1, -0.05) is 6.07 Å². The minimum absolute atomic E-state index is 0.363. The molecule has 0 spiro atoms. The number of nitrogens with zero attached hydrogens (tertiary/aromatic N) is 1. The molecule has 1 heterocycles. The highest BCUT2D eigenvalue weighted by Crippen LogP contribution is 2.41. The number of hydrogen-bond donors (Lipinski definition) is 2. The van der Waals surface area contributed by atoms with Crippen LogP contribution in [0.5, 0.6) is 0 Å². The molecular formula is C12H17NO4S. The molecule has 100 valence electrons. The lowest BCUT2D eigenvalue weighted by Crippen LogP contribution is -2.38. The van der Waals surface area contributed by atoms with Crippen molar-refractivity contribution in [2.45, 2.75) is 0 Å². The number of esters is 1. The van der Waals surface area contributed by atoms with Gasteiger partial charge in [0.25, 0.3) is 0 Å². The standard InChI is InChI=1S/C12H17NO4S/c1-17-12(14)10-3-2-4-11(9-10)13-5-7-18(15,16)8-6-13/h2-4,9,15-16H,5-8H2,1H3. The third-order valence-electron chi connectivity index (χ3n) is 3.01. The Kier molecular flexibility index (Phi) is 3.79.